The molecule has 0 aliphatic carbocycles. The largest absolute Gasteiger partial charge is 0.445 e. The minimum atomic E-state index is -4.48. The SMILES string of the molecule is CC(CCl)(Nc1nnc(C(F)(F)F)s1)c1ccccc1. The van der Waals surface area contributed by atoms with E-state index in [0.29, 0.717) is 11.3 Å². The Morgan fingerprint density at radius 1 is 1.20 bits per heavy atom. The number of nitrogens with zero attached hydrogens (tertiary/aromatic N) is 2. The molecule has 0 spiro atoms. The Balaban J connectivity index is 2.25. The lowest BCUT2D eigenvalue weighted by Crippen LogP contribution is -2.33. The minimum Gasteiger partial charge on any atom is -0.350 e. The first kappa shape index (κ1) is 15.1. The number of hydrogen-bond acceptors (Lipinski definition) is 4. The number of rotatable bonds is 4. The maximum atomic E-state index is 12.5. The zero-order valence-corrected chi connectivity index (χ0v) is 12.0. The first-order valence-corrected chi connectivity index (χ1v) is 7.00. The molecule has 2 rings (SSSR count). The van der Waals surface area contributed by atoms with Crippen LogP contribution < -0.4 is 5.32 Å². The molecule has 8 heteroatoms. The van der Waals surface area contributed by atoms with Crippen LogP contribution in [0, 0.1) is 0 Å². The summed E-state index contributed by atoms with van der Waals surface area (Å²) in [6, 6.07) is 9.22. The van der Waals surface area contributed by atoms with Gasteiger partial charge in [0.2, 0.25) is 10.1 Å². The van der Waals surface area contributed by atoms with Gasteiger partial charge in [0.1, 0.15) is 0 Å². The van der Waals surface area contributed by atoms with Crippen molar-refractivity contribution >= 4 is 28.1 Å². The summed E-state index contributed by atoms with van der Waals surface area (Å²) in [5.74, 6) is 0.179. The van der Waals surface area contributed by atoms with Crippen LogP contribution in [0.1, 0.15) is 17.5 Å². The highest BCUT2D eigenvalue weighted by molar-refractivity contribution is 7.15. The number of benzene rings is 1. The number of halogens is 4. The van der Waals surface area contributed by atoms with Crippen LogP contribution >= 0.6 is 22.9 Å². The molecule has 20 heavy (non-hydrogen) atoms. The van der Waals surface area contributed by atoms with Crippen molar-refractivity contribution in [3.05, 3.63) is 40.9 Å². The molecule has 0 aliphatic heterocycles. The van der Waals surface area contributed by atoms with Crippen LogP contribution in [-0.4, -0.2) is 16.1 Å². The van der Waals surface area contributed by atoms with Crippen molar-refractivity contribution in [2.24, 2.45) is 0 Å². The summed E-state index contributed by atoms with van der Waals surface area (Å²) in [6.07, 6.45) is -4.48. The molecule has 0 bridgehead atoms. The molecule has 0 aliphatic rings. The average molecular weight is 322 g/mol. The summed E-state index contributed by atoms with van der Waals surface area (Å²) in [7, 11) is 0. The van der Waals surface area contributed by atoms with E-state index >= 15 is 0 Å². The Morgan fingerprint density at radius 2 is 1.85 bits per heavy atom. The highest BCUT2D eigenvalue weighted by Gasteiger charge is 2.36. The van der Waals surface area contributed by atoms with Gasteiger partial charge >= 0.3 is 6.18 Å². The van der Waals surface area contributed by atoms with Gasteiger partial charge in [-0.05, 0) is 12.5 Å². The number of anilines is 1. The summed E-state index contributed by atoms with van der Waals surface area (Å²) in [5, 5.41) is 8.69. The van der Waals surface area contributed by atoms with E-state index < -0.39 is 16.7 Å². The molecule has 1 unspecified atom stereocenters. The van der Waals surface area contributed by atoms with E-state index in [9.17, 15) is 13.2 Å². The predicted octanol–water partition coefficient (Wildman–Crippen LogP) is 4.12. The molecule has 0 saturated carbocycles. The van der Waals surface area contributed by atoms with Crippen LogP contribution in [0.15, 0.2) is 30.3 Å². The summed E-state index contributed by atoms with van der Waals surface area (Å²) >= 11 is 6.42. The second-order valence-electron chi connectivity index (χ2n) is 4.37. The monoisotopic (exact) mass is 321 g/mol. The van der Waals surface area contributed by atoms with Gasteiger partial charge in [-0.25, -0.2) is 0 Å². The van der Waals surface area contributed by atoms with Crippen LogP contribution in [0.5, 0.6) is 0 Å². The van der Waals surface area contributed by atoms with Gasteiger partial charge < -0.3 is 5.32 Å². The fourth-order valence-electron chi connectivity index (χ4n) is 1.61. The lowest BCUT2D eigenvalue weighted by atomic mass is 9.94. The molecule has 108 valence electrons. The van der Waals surface area contributed by atoms with Gasteiger partial charge in [0.25, 0.3) is 0 Å². The van der Waals surface area contributed by atoms with Crippen molar-refractivity contribution in [1.29, 1.82) is 0 Å². The molecular formula is C12H11ClF3N3S. The van der Waals surface area contributed by atoms with Gasteiger partial charge in [-0.15, -0.1) is 21.8 Å². The van der Waals surface area contributed by atoms with E-state index in [1.54, 1.807) is 6.92 Å². The minimum absolute atomic E-state index is 0.0873. The molecule has 0 saturated heterocycles. The summed E-state index contributed by atoms with van der Waals surface area (Å²) in [6.45, 7) is 1.80. The first-order valence-electron chi connectivity index (χ1n) is 5.65. The lowest BCUT2D eigenvalue weighted by molar-refractivity contribution is -0.138. The highest BCUT2D eigenvalue weighted by atomic mass is 35.5. The molecule has 1 aromatic heterocycles. The highest BCUT2D eigenvalue weighted by Crippen LogP contribution is 2.35. The van der Waals surface area contributed by atoms with Crippen LogP contribution in [0.4, 0.5) is 18.3 Å². The van der Waals surface area contributed by atoms with Gasteiger partial charge in [-0.3, -0.25) is 0 Å². The van der Waals surface area contributed by atoms with Crippen molar-refractivity contribution < 1.29 is 13.2 Å². The van der Waals surface area contributed by atoms with Gasteiger partial charge in [-0.1, -0.05) is 41.7 Å². The fourth-order valence-corrected chi connectivity index (χ4v) is 2.57. The average Bonchev–Trinajstić information content (AvgIpc) is 2.88. The van der Waals surface area contributed by atoms with E-state index in [1.807, 2.05) is 30.3 Å². The Kier molecular flexibility index (Phi) is 4.19. The van der Waals surface area contributed by atoms with Crippen molar-refractivity contribution in [3.8, 4) is 0 Å². The molecule has 1 atom stereocenters. The third kappa shape index (κ3) is 3.21. The Labute approximate surface area is 122 Å². The molecule has 1 aromatic carbocycles. The number of alkyl halides is 4. The van der Waals surface area contributed by atoms with Crippen molar-refractivity contribution in [3.63, 3.8) is 0 Å². The normalized spacial score (nSPS) is 14.8. The second kappa shape index (κ2) is 5.57. The Bertz CT molecular complexity index is 573. The molecule has 0 fully saturated rings. The third-order valence-electron chi connectivity index (χ3n) is 2.73. The molecule has 3 nitrogen and oxygen atoms in total. The Hall–Kier alpha value is -1.34. The third-order valence-corrected chi connectivity index (χ3v) is 4.15. The summed E-state index contributed by atoms with van der Waals surface area (Å²) in [4.78, 5) is 0. The van der Waals surface area contributed by atoms with E-state index in [0.717, 1.165) is 5.56 Å². The number of nitrogens with one attached hydrogen (secondary N) is 1. The van der Waals surface area contributed by atoms with Gasteiger partial charge in [-0.2, -0.15) is 13.2 Å². The molecule has 0 radical (unpaired) electrons. The topological polar surface area (TPSA) is 37.8 Å². The van der Waals surface area contributed by atoms with E-state index in [-0.39, 0.29) is 11.0 Å². The Morgan fingerprint density at radius 3 is 2.35 bits per heavy atom. The second-order valence-corrected chi connectivity index (χ2v) is 5.61. The standard InChI is InChI=1S/C12H11ClF3N3S/c1-11(7-13,8-5-3-2-4-6-8)17-10-19-18-9(20-10)12(14,15)16/h2-6H,7H2,1H3,(H,17,19). The number of hydrogen-bond donors (Lipinski definition) is 1. The zero-order valence-electron chi connectivity index (χ0n) is 10.4. The van der Waals surface area contributed by atoms with Crippen LogP contribution in [0.2, 0.25) is 0 Å². The number of aromatic nitrogens is 2. The van der Waals surface area contributed by atoms with E-state index in [1.165, 1.54) is 0 Å². The van der Waals surface area contributed by atoms with Crippen LogP contribution in [0.25, 0.3) is 0 Å². The van der Waals surface area contributed by atoms with Gasteiger partial charge in [0.15, 0.2) is 0 Å². The molecule has 2 aromatic rings. The van der Waals surface area contributed by atoms with Crippen molar-refractivity contribution in [2.45, 2.75) is 18.6 Å². The van der Waals surface area contributed by atoms with Gasteiger partial charge in [0, 0.05) is 5.88 Å². The van der Waals surface area contributed by atoms with Crippen molar-refractivity contribution in [1.82, 2.24) is 10.2 Å². The molecular weight excluding hydrogens is 311 g/mol. The maximum absolute atomic E-state index is 12.5. The molecule has 0 amide bonds. The smallest absolute Gasteiger partial charge is 0.350 e. The zero-order chi connectivity index (χ0) is 14.8. The van der Waals surface area contributed by atoms with E-state index in [4.69, 9.17) is 11.6 Å². The first-order chi connectivity index (χ1) is 9.35. The van der Waals surface area contributed by atoms with Crippen LogP contribution in [-0.2, 0) is 11.7 Å². The molecule has 1 heterocycles. The van der Waals surface area contributed by atoms with Crippen molar-refractivity contribution in [2.75, 3.05) is 11.2 Å². The van der Waals surface area contributed by atoms with Crippen LogP contribution in [0.3, 0.4) is 0 Å². The quantitative estimate of drug-likeness (QED) is 0.861. The maximum Gasteiger partial charge on any atom is 0.445 e. The van der Waals surface area contributed by atoms with E-state index in [2.05, 4.69) is 15.5 Å². The summed E-state index contributed by atoms with van der Waals surface area (Å²) < 4.78 is 37.5. The van der Waals surface area contributed by atoms with Gasteiger partial charge in [0.05, 0.1) is 5.54 Å². The lowest BCUT2D eigenvalue weighted by Gasteiger charge is -2.28. The fraction of sp³-hybridized carbons (Fsp3) is 0.333. The predicted molar refractivity (Wildman–Crippen MR) is 73.0 cm³/mol. The molecule has 1 N–H and O–H groups in total. The summed E-state index contributed by atoms with van der Waals surface area (Å²) in [5.41, 5.74) is 0.143.